The van der Waals surface area contributed by atoms with E-state index in [9.17, 15) is 9.59 Å². The standard InChI is InChI=1S/C15H20ClN3O3/c1-11(15(21)22)19-8-6-18(7-9-19)10-14(20)17-13-5-3-2-4-12(13)16/h2-5,11H,6-10H2,1H3,(H,17,20)(H,21,22). The third-order valence-corrected chi connectivity index (χ3v) is 4.16. The van der Waals surface area contributed by atoms with Crippen molar-refractivity contribution in [2.75, 3.05) is 38.0 Å². The molecule has 0 aliphatic carbocycles. The van der Waals surface area contributed by atoms with Crippen molar-refractivity contribution in [2.45, 2.75) is 13.0 Å². The van der Waals surface area contributed by atoms with Gasteiger partial charge in [0.05, 0.1) is 17.3 Å². The number of hydrogen-bond acceptors (Lipinski definition) is 4. The van der Waals surface area contributed by atoms with Crippen LogP contribution in [0.3, 0.4) is 0 Å². The van der Waals surface area contributed by atoms with Crippen molar-refractivity contribution in [3.05, 3.63) is 29.3 Å². The number of benzene rings is 1. The molecule has 6 nitrogen and oxygen atoms in total. The molecule has 120 valence electrons. The van der Waals surface area contributed by atoms with Crippen molar-refractivity contribution in [1.82, 2.24) is 9.80 Å². The number of anilines is 1. The van der Waals surface area contributed by atoms with Gasteiger partial charge in [0.15, 0.2) is 0 Å². The molecule has 1 saturated heterocycles. The summed E-state index contributed by atoms with van der Waals surface area (Å²) in [5, 5.41) is 12.3. The summed E-state index contributed by atoms with van der Waals surface area (Å²) < 4.78 is 0. The van der Waals surface area contributed by atoms with Crippen molar-refractivity contribution in [1.29, 1.82) is 0 Å². The fourth-order valence-electron chi connectivity index (χ4n) is 2.42. The molecular weight excluding hydrogens is 306 g/mol. The summed E-state index contributed by atoms with van der Waals surface area (Å²) in [7, 11) is 0. The Morgan fingerprint density at radius 2 is 1.91 bits per heavy atom. The monoisotopic (exact) mass is 325 g/mol. The topological polar surface area (TPSA) is 72.9 Å². The zero-order valence-electron chi connectivity index (χ0n) is 12.5. The third-order valence-electron chi connectivity index (χ3n) is 3.83. The maximum absolute atomic E-state index is 12.0. The van der Waals surface area contributed by atoms with E-state index in [1.165, 1.54) is 0 Å². The van der Waals surface area contributed by atoms with Crippen LogP contribution in [0.25, 0.3) is 0 Å². The Labute approximate surface area is 134 Å². The van der Waals surface area contributed by atoms with E-state index in [0.29, 0.717) is 36.9 Å². The molecule has 2 N–H and O–H groups in total. The molecule has 0 spiro atoms. The lowest BCUT2D eigenvalue weighted by molar-refractivity contribution is -0.143. The Morgan fingerprint density at radius 3 is 2.50 bits per heavy atom. The summed E-state index contributed by atoms with van der Waals surface area (Å²) in [6, 6.07) is 6.61. The number of carboxylic acid groups (broad SMARTS) is 1. The molecular formula is C15H20ClN3O3. The number of carbonyl (C=O) groups is 2. The van der Waals surface area contributed by atoms with Crippen molar-refractivity contribution in [3.63, 3.8) is 0 Å². The number of halogens is 1. The smallest absolute Gasteiger partial charge is 0.320 e. The number of rotatable bonds is 5. The van der Waals surface area contributed by atoms with Gasteiger partial charge in [-0.1, -0.05) is 23.7 Å². The molecule has 1 fully saturated rings. The Bertz CT molecular complexity index is 545. The minimum atomic E-state index is -0.815. The second-order valence-corrected chi connectivity index (χ2v) is 5.76. The zero-order chi connectivity index (χ0) is 16.1. The lowest BCUT2D eigenvalue weighted by Crippen LogP contribution is -2.52. The van der Waals surface area contributed by atoms with Crippen molar-refractivity contribution in [3.8, 4) is 0 Å². The lowest BCUT2D eigenvalue weighted by Gasteiger charge is -2.36. The molecule has 2 rings (SSSR count). The van der Waals surface area contributed by atoms with Crippen LogP contribution >= 0.6 is 11.6 Å². The minimum Gasteiger partial charge on any atom is -0.480 e. The summed E-state index contributed by atoms with van der Waals surface area (Å²) >= 11 is 6.00. The summed E-state index contributed by atoms with van der Waals surface area (Å²) in [5.41, 5.74) is 0.604. The normalized spacial score (nSPS) is 17.9. The van der Waals surface area contributed by atoms with Gasteiger partial charge in [-0.3, -0.25) is 19.4 Å². The van der Waals surface area contributed by atoms with Crippen LogP contribution in [0.4, 0.5) is 5.69 Å². The van der Waals surface area contributed by atoms with E-state index in [4.69, 9.17) is 16.7 Å². The zero-order valence-corrected chi connectivity index (χ0v) is 13.2. The van der Waals surface area contributed by atoms with E-state index in [1.807, 2.05) is 15.9 Å². The van der Waals surface area contributed by atoms with Gasteiger partial charge in [-0.25, -0.2) is 0 Å². The van der Waals surface area contributed by atoms with Crippen molar-refractivity contribution >= 4 is 29.2 Å². The molecule has 0 aromatic heterocycles. The number of carbonyl (C=O) groups excluding carboxylic acids is 1. The first-order valence-electron chi connectivity index (χ1n) is 7.21. The van der Waals surface area contributed by atoms with E-state index < -0.39 is 12.0 Å². The third kappa shape index (κ3) is 4.43. The highest BCUT2D eigenvalue weighted by Crippen LogP contribution is 2.20. The largest absolute Gasteiger partial charge is 0.480 e. The van der Waals surface area contributed by atoms with Gasteiger partial charge in [-0.05, 0) is 19.1 Å². The summed E-state index contributed by atoms with van der Waals surface area (Å²) in [4.78, 5) is 26.9. The van der Waals surface area contributed by atoms with Crippen LogP contribution in [-0.4, -0.2) is 65.5 Å². The number of aliphatic carboxylic acids is 1. The first-order valence-corrected chi connectivity index (χ1v) is 7.59. The summed E-state index contributed by atoms with van der Waals surface area (Å²) in [6.45, 7) is 4.60. The molecule has 1 aromatic rings. The van der Waals surface area contributed by atoms with Crippen LogP contribution in [0.1, 0.15) is 6.92 Å². The Balaban J connectivity index is 1.80. The van der Waals surface area contributed by atoms with E-state index in [-0.39, 0.29) is 12.5 Å². The molecule has 0 radical (unpaired) electrons. The van der Waals surface area contributed by atoms with Crippen LogP contribution in [0.2, 0.25) is 5.02 Å². The van der Waals surface area contributed by atoms with E-state index in [2.05, 4.69) is 5.32 Å². The first-order chi connectivity index (χ1) is 10.5. The predicted molar refractivity (Wildman–Crippen MR) is 85.2 cm³/mol. The molecule has 7 heteroatoms. The molecule has 1 amide bonds. The molecule has 1 unspecified atom stereocenters. The molecule has 1 heterocycles. The second kappa shape index (κ2) is 7.58. The SMILES string of the molecule is CC(C(=O)O)N1CCN(CC(=O)Nc2ccccc2Cl)CC1. The van der Waals surface area contributed by atoms with Gasteiger partial charge in [0, 0.05) is 26.2 Å². The van der Waals surface area contributed by atoms with Gasteiger partial charge in [0.2, 0.25) is 5.91 Å². The quantitative estimate of drug-likeness (QED) is 0.855. The Morgan fingerprint density at radius 1 is 1.27 bits per heavy atom. The summed E-state index contributed by atoms with van der Waals surface area (Å²) in [6.07, 6.45) is 0. The number of amides is 1. The molecule has 0 bridgehead atoms. The number of carboxylic acids is 1. The van der Waals surface area contributed by atoms with Crippen LogP contribution in [0.15, 0.2) is 24.3 Å². The van der Waals surface area contributed by atoms with Gasteiger partial charge >= 0.3 is 5.97 Å². The highest BCUT2D eigenvalue weighted by Gasteiger charge is 2.25. The maximum atomic E-state index is 12.0. The van der Waals surface area contributed by atoms with Crippen LogP contribution < -0.4 is 5.32 Å². The maximum Gasteiger partial charge on any atom is 0.320 e. The predicted octanol–water partition coefficient (Wildman–Crippen LogP) is 1.37. The molecule has 1 aliphatic heterocycles. The Kier molecular flexibility index (Phi) is 5.76. The van der Waals surface area contributed by atoms with Gasteiger partial charge < -0.3 is 10.4 Å². The van der Waals surface area contributed by atoms with Gasteiger partial charge in [0.25, 0.3) is 0 Å². The highest BCUT2D eigenvalue weighted by atomic mass is 35.5. The molecule has 0 saturated carbocycles. The van der Waals surface area contributed by atoms with E-state index in [0.717, 1.165) is 0 Å². The lowest BCUT2D eigenvalue weighted by atomic mass is 10.2. The van der Waals surface area contributed by atoms with Crippen LogP contribution in [-0.2, 0) is 9.59 Å². The van der Waals surface area contributed by atoms with Crippen molar-refractivity contribution < 1.29 is 14.7 Å². The average molecular weight is 326 g/mol. The number of para-hydroxylation sites is 1. The second-order valence-electron chi connectivity index (χ2n) is 5.35. The van der Waals surface area contributed by atoms with Crippen LogP contribution in [0.5, 0.6) is 0 Å². The van der Waals surface area contributed by atoms with Crippen LogP contribution in [0, 0.1) is 0 Å². The van der Waals surface area contributed by atoms with Crippen molar-refractivity contribution in [2.24, 2.45) is 0 Å². The number of nitrogens with zero attached hydrogens (tertiary/aromatic N) is 2. The minimum absolute atomic E-state index is 0.118. The van der Waals surface area contributed by atoms with Gasteiger partial charge in [-0.15, -0.1) is 0 Å². The van der Waals surface area contributed by atoms with Gasteiger partial charge in [0.1, 0.15) is 6.04 Å². The first kappa shape index (κ1) is 16.7. The molecule has 22 heavy (non-hydrogen) atoms. The fourth-order valence-corrected chi connectivity index (χ4v) is 2.60. The molecule has 1 atom stereocenters. The van der Waals surface area contributed by atoms with E-state index >= 15 is 0 Å². The van der Waals surface area contributed by atoms with E-state index in [1.54, 1.807) is 25.1 Å². The van der Waals surface area contributed by atoms with Gasteiger partial charge in [-0.2, -0.15) is 0 Å². The average Bonchev–Trinajstić information content (AvgIpc) is 2.49. The Hall–Kier alpha value is -1.63. The molecule has 1 aliphatic rings. The number of piperazine rings is 1. The number of hydrogen-bond donors (Lipinski definition) is 2. The molecule has 1 aromatic carbocycles. The number of nitrogens with one attached hydrogen (secondary N) is 1. The fraction of sp³-hybridized carbons (Fsp3) is 0.467. The summed E-state index contributed by atoms with van der Waals surface area (Å²) in [5.74, 6) is -0.933. The highest BCUT2D eigenvalue weighted by molar-refractivity contribution is 6.33.